The molecular formula is C24H32N8O. The number of aromatic amines is 1. The zero-order valence-corrected chi connectivity index (χ0v) is 19.3. The van der Waals surface area contributed by atoms with Gasteiger partial charge in [-0.05, 0) is 43.8 Å². The molecule has 3 aromatic rings. The number of likely N-dealkylation sites (tertiary alicyclic amines) is 1. The van der Waals surface area contributed by atoms with E-state index in [0.717, 1.165) is 61.7 Å². The number of carbonyl (C=O) groups excluding carboxylic acids is 1. The van der Waals surface area contributed by atoms with E-state index in [1.807, 2.05) is 24.1 Å². The minimum absolute atomic E-state index is 0.184. The molecule has 3 N–H and O–H groups in total. The van der Waals surface area contributed by atoms with Crippen LogP contribution in [-0.4, -0.2) is 83.0 Å². The highest BCUT2D eigenvalue weighted by atomic mass is 16.2. The first-order valence-corrected chi connectivity index (χ1v) is 11.8. The number of H-pyrrole nitrogens is 1. The highest BCUT2D eigenvalue weighted by molar-refractivity contribution is 5.88. The van der Waals surface area contributed by atoms with Crippen LogP contribution in [0.5, 0.6) is 0 Å². The third kappa shape index (κ3) is 4.73. The van der Waals surface area contributed by atoms with E-state index in [-0.39, 0.29) is 11.9 Å². The molecule has 0 saturated carbocycles. The van der Waals surface area contributed by atoms with Crippen molar-refractivity contribution in [2.24, 2.45) is 0 Å². The summed E-state index contributed by atoms with van der Waals surface area (Å²) in [5.41, 5.74) is 2.97. The Morgan fingerprint density at radius 1 is 1.09 bits per heavy atom. The molecule has 1 aromatic carbocycles. The number of anilines is 4. The maximum Gasteiger partial charge on any atom is 0.231 e. The minimum atomic E-state index is 0.184. The quantitative estimate of drug-likeness (QED) is 0.534. The van der Waals surface area contributed by atoms with Gasteiger partial charge in [0.2, 0.25) is 11.9 Å². The van der Waals surface area contributed by atoms with Crippen LogP contribution in [0, 0.1) is 0 Å². The van der Waals surface area contributed by atoms with Crippen molar-refractivity contribution in [2.45, 2.75) is 25.8 Å². The van der Waals surface area contributed by atoms with Crippen LogP contribution < -0.4 is 15.5 Å². The molecule has 0 unspecified atom stereocenters. The van der Waals surface area contributed by atoms with Crippen LogP contribution in [-0.2, 0) is 4.79 Å². The molecule has 33 heavy (non-hydrogen) atoms. The number of carbonyl (C=O) groups is 1. The van der Waals surface area contributed by atoms with Gasteiger partial charge in [-0.2, -0.15) is 9.97 Å². The number of amides is 1. The molecule has 9 nitrogen and oxygen atoms in total. The predicted molar refractivity (Wildman–Crippen MR) is 132 cm³/mol. The predicted octanol–water partition coefficient (Wildman–Crippen LogP) is 2.88. The van der Waals surface area contributed by atoms with Gasteiger partial charge in [-0.15, -0.1) is 0 Å². The van der Waals surface area contributed by atoms with Gasteiger partial charge in [0, 0.05) is 69.3 Å². The van der Waals surface area contributed by atoms with Crippen molar-refractivity contribution in [1.82, 2.24) is 24.8 Å². The van der Waals surface area contributed by atoms with Crippen molar-refractivity contribution >= 4 is 40.1 Å². The fourth-order valence-electron chi connectivity index (χ4n) is 4.58. The highest BCUT2D eigenvalue weighted by Crippen LogP contribution is 2.26. The number of piperazine rings is 1. The van der Waals surface area contributed by atoms with Crippen molar-refractivity contribution in [3.63, 3.8) is 0 Å². The second-order valence-electron chi connectivity index (χ2n) is 8.92. The number of aromatic nitrogens is 3. The fraction of sp³-hybridized carbons (Fsp3) is 0.458. The van der Waals surface area contributed by atoms with E-state index in [1.54, 1.807) is 0 Å². The van der Waals surface area contributed by atoms with Crippen LogP contribution in [0.15, 0.2) is 36.5 Å². The fourth-order valence-corrected chi connectivity index (χ4v) is 4.58. The van der Waals surface area contributed by atoms with Crippen LogP contribution in [0.4, 0.5) is 23.1 Å². The Morgan fingerprint density at radius 3 is 2.64 bits per heavy atom. The molecule has 9 heteroatoms. The summed E-state index contributed by atoms with van der Waals surface area (Å²) in [5.74, 6) is 1.53. The average molecular weight is 449 g/mol. The number of benzene rings is 1. The summed E-state index contributed by atoms with van der Waals surface area (Å²) in [6.07, 6.45) is 3.34. The maximum atomic E-state index is 12.0. The van der Waals surface area contributed by atoms with Gasteiger partial charge in [-0.25, -0.2) is 0 Å². The Balaban J connectivity index is 1.29. The molecule has 4 heterocycles. The molecule has 2 saturated heterocycles. The standard InChI is InChI=1S/C24H32N8O/c1-3-21(33)32-11-9-18(16-32)26-23-20-8-10-25-22(20)28-24(29-23)27-17-4-6-19(7-5-17)31-14-12-30(2)13-15-31/h4-8,10,18H,3,9,11-16H2,1-2H3,(H3,25,26,27,28,29)/t18-/m0/s1. The maximum absolute atomic E-state index is 12.0. The Morgan fingerprint density at radius 2 is 1.88 bits per heavy atom. The SMILES string of the molecule is CCC(=O)N1CC[C@H](Nc2nc(Nc3ccc(N4CCN(C)CC4)cc3)nc3[nH]ccc23)C1. The lowest BCUT2D eigenvalue weighted by Crippen LogP contribution is -2.44. The van der Waals surface area contributed by atoms with Crippen LogP contribution in [0.3, 0.4) is 0 Å². The summed E-state index contributed by atoms with van der Waals surface area (Å²) in [6.45, 7) is 7.68. The van der Waals surface area contributed by atoms with E-state index < -0.39 is 0 Å². The van der Waals surface area contributed by atoms with E-state index in [9.17, 15) is 4.79 Å². The first kappa shape index (κ1) is 21.5. The molecular weight excluding hydrogens is 416 g/mol. The summed E-state index contributed by atoms with van der Waals surface area (Å²) < 4.78 is 0. The van der Waals surface area contributed by atoms with Crippen molar-refractivity contribution in [3.8, 4) is 0 Å². The second-order valence-corrected chi connectivity index (χ2v) is 8.92. The van der Waals surface area contributed by atoms with E-state index >= 15 is 0 Å². The van der Waals surface area contributed by atoms with Crippen LogP contribution in [0.2, 0.25) is 0 Å². The number of likely N-dealkylation sites (N-methyl/N-ethyl adjacent to an activating group) is 1. The molecule has 0 bridgehead atoms. The number of nitrogens with zero attached hydrogens (tertiary/aromatic N) is 5. The number of fused-ring (bicyclic) bond motifs is 1. The molecule has 0 radical (unpaired) electrons. The normalized spacial score (nSPS) is 19.3. The highest BCUT2D eigenvalue weighted by Gasteiger charge is 2.26. The monoisotopic (exact) mass is 448 g/mol. The van der Waals surface area contributed by atoms with Gasteiger partial charge in [0.25, 0.3) is 0 Å². The third-order valence-corrected chi connectivity index (χ3v) is 6.59. The molecule has 5 rings (SSSR count). The third-order valence-electron chi connectivity index (χ3n) is 6.59. The molecule has 1 atom stereocenters. The van der Waals surface area contributed by atoms with Gasteiger partial charge in [0.05, 0.1) is 5.39 Å². The van der Waals surface area contributed by atoms with Crippen molar-refractivity contribution in [3.05, 3.63) is 36.5 Å². The van der Waals surface area contributed by atoms with Gasteiger partial charge in [0.1, 0.15) is 11.5 Å². The van der Waals surface area contributed by atoms with Crippen molar-refractivity contribution < 1.29 is 4.79 Å². The molecule has 2 fully saturated rings. The number of hydrogen-bond acceptors (Lipinski definition) is 7. The molecule has 2 aliphatic rings. The Bertz CT molecular complexity index is 1100. The summed E-state index contributed by atoms with van der Waals surface area (Å²) in [5, 5.41) is 7.85. The summed E-state index contributed by atoms with van der Waals surface area (Å²) in [7, 11) is 2.17. The molecule has 0 spiro atoms. The van der Waals surface area contributed by atoms with E-state index in [0.29, 0.717) is 18.9 Å². The van der Waals surface area contributed by atoms with Gasteiger partial charge in [0.15, 0.2) is 0 Å². The number of rotatable bonds is 6. The largest absolute Gasteiger partial charge is 0.369 e. The van der Waals surface area contributed by atoms with E-state index in [4.69, 9.17) is 4.98 Å². The topological polar surface area (TPSA) is 92.4 Å². The molecule has 2 aromatic heterocycles. The first-order chi connectivity index (χ1) is 16.1. The average Bonchev–Trinajstić information content (AvgIpc) is 3.49. The number of nitrogens with one attached hydrogen (secondary N) is 3. The van der Waals surface area contributed by atoms with Gasteiger partial charge < -0.3 is 30.3 Å². The van der Waals surface area contributed by atoms with E-state index in [1.165, 1.54) is 5.69 Å². The molecule has 174 valence electrons. The Kier molecular flexibility index (Phi) is 6.04. The Hall–Kier alpha value is -3.33. The van der Waals surface area contributed by atoms with Crippen LogP contribution in [0.1, 0.15) is 19.8 Å². The molecule has 1 amide bonds. The number of hydrogen-bond donors (Lipinski definition) is 3. The van der Waals surface area contributed by atoms with Gasteiger partial charge >= 0.3 is 0 Å². The summed E-state index contributed by atoms with van der Waals surface area (Å²) in [4.78, 5) is 31.3. The summed E-state index contributed by atoms with van der Waals surface area (Å²) >= 11 is 0. The molecule has 2 aliphatic heterocycles. The van der Waals surface area contributed by atoms with Crippen LogP contribution >= 0.6 is 0 Å². The lowest BCUT2D eigenvalue weighted by molar-refractivity contribution is -0.129. The minimum Gasteiger partial charge on any atom is -0.369 e. The molecule has 0 aliphatic carbocycles. The van der Waals surface area contributed by atoms with Crippen LogP contribution in [0.25, 0.3) is 11.0 Å². The van der Waals surface area contributed by atoms with Gasteiger partial charge in [-0.1, -0.05) is 6.92 Å². The van der Waals surface area contributed by atoms with E-state index in [2.05, 4.69) is 61.7 Å². The van der Waals surface area contributed by atoms with Gasteiger partial charge in [-0.3, -0.25) is 4.79 Å². The van der Waals surface area contributed by atoms with Crippen molar-refractivity contribution in [2.75, 3.05) is 61.8 Å². The second kappa shape index (κ2) is 9.27. The lowest BCUT2D eigenvalue weighted by Gasteiger charge is -2.34. The summed E-state index contributed by atoms with van der Waals surface area (Å²) in [6, 6.07) is 10.6. The smallest absolute Gasteiger partial charge is 0.231 e. The Labute approximate surface area is 194 Å². The zero-order valence-electron chi connectivity index (χ0n) is 19.3. The zero-order chi connectivity index (χ0) is 22.8. The first-order valence-electron chi connectivity index (χ1n) is 11.8. The lowest BCUT2D eigenvalue weighted by atomic mass is 10.2. The van der Waals surface area contributed by atoms with Crippen molar-refractivity contribution in [1.29, 1.82) is 0 Å².